The Kier molecular flexibility index (Phi) is 1.85. The Morgan fingerprint density at radius 1 is 1.36 bits per heavy atom. The molecule has 2 heterocycles. The molecule has 0 amide bonds. The van der Waals surface area contributed by atoms with Crippen LogP contribution < -0.4 is 5.32 Å². The third-order valence-corrected chi connectivity index (χ3v) is 3.45. The molecule has 2 aliphatic rings. The summed E-state index contributed by atoms with van der Waals surface area (Å²) in [4.78, 5) is 0. The lowest BCUT2D eigenvalue weighted by molar-refractivity contribution is 0.0273. The number of hydrogen-bond acceptors (Lipinski definition) is 2. The zero-order chi connectivity index (χ0) is 9.54. The van der Waals surface area contributed by atoms with Gasteiger partial charge in [-0.2, -0.15) is 0 Å². The van der Waals surface area contributed by atoms with Gasteiger partial charge in [-0.1, -0.05) is 24.3 Å². The molecule has 2 aliphatic heterocycles. The predicted molar refractivity (Wildman–Crippen MR) is 55.2 cm³/mol. The summed E-state index contributed by atoms with van der Waals surface area (Å²) in [6.07, 6.45) is 0.389. The molecule has 74 valence electrons. The van der Waals surface area contributed by atoms with E-state index in [1.54, 1.807) is 0 Å². The lowest BCUT2D eigenvalue weighted by Gasteiger charge is -2.29. The summed E-state index contributed by atoms with van der Waals surface area (Å²) in [7, 11) is 0. The molecule has 1 aromatic carbocycles. The molecule has 1 fully saturated rings. The first-order valence-corrected chi connectivity index (χ1v) is 5.29. The van der Waals surface area contributed by atoms with Crippen molar-refractivity contribution in [2.24, 2.45) is 0 Å². The van der Waals surface area contributed by atoms with Gasteiger partial charge in [-0.25, -0.2) is 0 Å². The van der Waals surface area contributed by atoms with Gasteiger partial charge in [-0.15, -0.1) is 0 Å². The quantitative estimate of drug-likeness (QED) is 0.670. The van der Waals surface area contributed by atoms with Gasteiger partial charge in [0.05, 0.1) is 12.7 Å². The molecule has 3 rings (SSSR count). The molecule has 0 aromatic heterocycles. The molecule has 3 unspecified atom stereocenters. The molecule has 2 heteroatoms. The maximum atomic E-state index is 5.84. The van der Waals surface area contributed by atoms with E-state index in [0.717, 1.165) is 13.2 Å². The largest absolute Gasteiger partial charge is 0.372 e. The number of hydrogen-bond donors (Lipinski definition) is 1. The predicted octanol–water partition coefficient (Wildman–Crippen LogP) is 1.66. The molecule has 0 spiro atoms. The third-order valence-electron chi connectivity index (χ3n) is 3.45. The fraction of sp³-hybridized carbons (Fsp3) is 0.500. The Balaban J connectivity index is 2.07. The van der Waals surface area contributed by atoms with Crippen molar-refractivity contribution in [3.63, 3.8) is 0 Å². The summed E-state index contributed by atoms with van der Waals surface area (Å²) in [5.74, 6) is 0.556. The Morgan fingerprint density at radius 3 is 3.14 bits per heavy atom. The molecule has 3 atom stereocenters. The van der Waals surface area contributed by atoms with E-state index in [1.165, 1.54) is 11.1 Å². The van der Waals surface area contributed by atoms with E-state index in [4.69, 9.17) is 4.74 Å². The van der Waals surface area contributed by atoms with Crippen LogP contribution in [-0.2, 0) is 11.3 Å². The van der Waals surface area contributed by atoms with E-state index in [-0.39, 0.29) is 0 Å². The lowest BCUT2D eigenvalue weighted by Crippen LogP contribution is -2.29. The maximum Gasteiger partial charge on any atom is 0.0787 e. The molecule has 0 bridgehead atoms. The van der Waals surface area contributed by atoms with E-state index < -0.39 is 0 Å². The van der Waals surface area contributed by atoms with Crippen LogP contribution in [0.2, 0.25) is 0 Å². The van der Waals surface area contributed by atoms with Gasteiger partial charge in [-0.05, 0) is 18.1 Å². The molecule has 0 radical (unpaired) electrons. The third kappa shape index (κ3) is 1.11. The summed E-state index contributed by atoms with van der Waals surface area (Å²) in [6.45, 7) is 4.03. The average Bonchev–Trinajstić information content (AvgIpc) is 2.61. The molecule has 1 saturated heterocycles. The number of ether oxygens (including phenoxy) is 1. The number of benzene rings is 1. The first-order valence-electron chi connectivity index (χ1n) is 5.29. The van der Waals surface area contributed by atoms with Crippen LogP contribution in [0.25, 0.3) is 0 Å². The van der Waals surface area contributed by atoms with E-state index in [2.05, 4.69) is 36.5 Å². The van der Waals surface area contributed by atoms with Crippen molar-refractivity contribution in [3.8, 4) is 0 Å². The van der Waals surface area contributed by atoms with Crippen LogP contribution in [0.5, 0.6) is 0 Å². The highest BCUT2D eigenvalue weighted by Gasteiger charge is 2.38. The van der Waals surface area contributed by atoms with Gasteiger partial charge < -0.3 is 10.1 Å². The standard InChI is InChI=1S/C12H15NO/c1-8-12-10-5-3-2-4-9(10)7-14-11(12)6-13-8/h2-5,8,11-13H,6-7H2,1H3. The number of fused-ring (bicyclic) bond motifs is 3. The number of rotatable bonds is 0. The minimum atomic E-state index is 0.389. The van der Waals surface area contributed by atoms with Gasteiger partial charge in [0, 0.05) is 18.5 Å². The first kappa shape index (κ1) is 8.45. The fourth-order valence-corrected chi connectivity index (χ4v) is 2.70. The van der Waals surface area contributed by atoms with Gasteiger partial charge in [0.2, 0.25) is 0 Å². The Labute approximate surface area is 84.3 Å². The Bertz CT molecular complexity index is 350. The van der Waals surface area contributed by atoms with Gasteiger partial charge in [0.25, 0.3) is 0 Å². The van der Waals surface area contributed by atoms with Crippen LogP contribution >= 0.6 is 0 Å². The van der Waals surface area contributed by atoms with Crippen molar-refractivity contribution in [1.29, 1.82) is 0 Å². The molecular weight excluding hydrogens is 174 g/mol. The van der Waals surface area contributed by atoms with Crippen molar-refractivity contribution in [2.75, 3.05) is 6.54 Å². The van der Waals surface area contributed by atoms with Crippen molar-refractivity contribution in [1.82, 2.24) is 5.32 Å². The van der Waals surface area contributed by atoms with Gasteiger partial charge >= 0.3 is 0 Å². The van der Waals surface area contributed by atoms with E-state index in [1.807, 2.05) is 0 Å². The van der Waals surface area contributed by atoms with Crippen molar-refractivity contribution < 1.29 is 4.74 Å². The summed E-state index contributed by atoms with van der Waals surface area (Å²) in [6, 6.07) is 9.19. The molecule has 0 saturated carbocycles. The topological polar surface area (TPSA) is 21.3 Å². The minimum Gasteiger partial charge on any atom is -0.372 e. The molecule has 14 heavy (non-hydrogen) atoms. The maximum absolute atomic E-state index is 5.84. The summed E-state index contributed by atoms with van der Waals surface area (Å²) >= 11 is 0. The molecule has 2 nitrogen and oxygen atoms in total. The Morgan fingerprint density at radius 2 is 2.21 bits per heavy atom. The second kappa shape index (κ2) is 3.07. The van der Waals surface area contributed by atoms with Crippen LogP contribution in [-0.4, -0.2) is 18.7 Å². The second-order valence-corrected chi connectivity index (χ2v) is 4.27. The van der Waals surface area contributed by atoms with Gasteiger partial charge in [-0.3, -0.25) is 0 Å². The van der Waals surface area contributed by atoms with Crippen molar-refractivity contribution in [3.05, 3.63) is 35.4 Å². The zero-order valence-corrected chi connectivity index (χ0v) is 8.36. The van der Waals surface area contributed by atoms with Crippen LogP contribution in [0.1, 0.15) is 24.0 Å². The highest BCUT2D eigenvalue weighted by atomic mass is 16.5. The van der Waals surface area contributed by atoms with Crippen molar-refractivity contribution in [2.45, 2.75) is 31.6 Å². The molecule has 0 aliphatic carbocycles. The average molecular weight is 189 g/mol. The second-order valence-electron chi connectivity index (χ2n) is 4.27. The molecular formula is C12H15NO. The van der Waals surface area contributed by atoms with E-state index in [9.17, 15) is 0 Å². The monoisotopic (exact) mass is 189 g/mol. The highest BCUT2D eigenvalue weighted by molar-refractivity contribution is 5.34. The van der Waals surface area contributed by atoms with Crippen LogP contribution in [0, 0.1) is 0 Å². The van der Waals surface area contributed by atoms with Gasteiger partial charge in [0.1, 0.15) is 0 Å². The zero-order valence-electron chi connectivity index (χ0n) is 8.36. The van der Waals surface area contributed by atoms with Crippen LogP contribution in [0.3, 0.4) is 0 Å². The van der Waals surface area contributed by atoms with Crippen molar-refractivity contribution >= 4 is 0 Å². The Hall–Kier alpha value is -0.860. The highest BCUT2D eigenvalue weighted by Crippen LogP contribution is 2.36. The van der Waals surface area contributed by atoms with Crippen LogP contribution in [0.4, 0.5) is 0 Å². The normalized spacial score (nSPS) is 35.1. The van der Waals surface area contributed by atoms with Crippen LogP contribution in [0.15, 0.2) is 24.3 Å². The summed E-state index contributed by atoms with van der Waals surface area (Å²) in [5.41, 5.74) is 2.85. The lowest BCUT2D eigenvalue weighted by atomic mass is 9.86. The SMILES string of the molecule is CC1NCC2OCc3ccccc3C12. The number of nitrogens with one attached hydrogen (secondary N) is 1. The minimum absolute atomic E-state index is 0.389. The van der Waals surface area contributed by atoms with E-state index in [0.29, 0.717) is 18.1 Å². The fourth-order valence-electron chi connectivity index (χ4n) is 2.70. The summed E-state index contributed by atoms with van der Waals surface area (Å²) in [5, 5.41) is 3.48. The molecule has 1 N–H and O–H groups in total. The van der Waals surface area contributed by atoms with E-state index >= 15 is 0 Å². The van der Waals surface area contributed by atoms with Gasteiger partial charge in [0.15, 0.2) is 0 Å². The summed E-state index contributed by atoms with van der Waals surface area (Å²) < 4.78 is 5.84. The first-order chi connectivity index (χ1) is 6.86. The smallest absolute Gasteiger partial charge is 0.0787 e. The molecule has 1 aromatic rings.